The zero-order valence-electron chi connectivity index (χ0n) is 45.8. The van der Waals surface area contributed by atoms with Crippen molar-refractivity contribution in [2.75, 3.05) is 4.90 Å². The maximum Gasteiger partial charge on any atom is 0.156 e. The average Bonchev–Trinajstić information content (AvgIpc) is 3.79. The molecule has 1 aromatic heterocycles. The van der Waals surface area contributed by atoms with Gasteiger partial charge in [0.2, 0.25) is 0 Å². The van der Waals surface area contributed by atoms with Gasteiger partial charge in [-0.15, -0.1) is 0 Å². The summed E-state index contributed by atoms with van der Waals surface area (Å²) in [6.07, 6.45) is 70.5. The second-order valence-electron chi connectivity index (χ2n) is 20.5. The van der Waals surface area contributed by atoms with Crippen molar-refractivity contribution in [3.05, 3.63) is 310 Å². The molecular formula is C72H74N4. The van der Waals surface area contributed by atoms with Gasteiger partial charge >= 0.3 is 0 Å². The standard InChI is InChI=1S/C72H74N4/c1-9-13-17-40-60(10-2)76-68(12-4)65(72(7,8)64-44-25-30-53(6)70(64)76)50-52(5)29-24-39-59-51-62(42-26-33-54-31-18-16-19-32-54)75(67(59)11-3)61-41-28-38-58(48-49-61)71-73-66-45-23-22-43-63(66)69(74-71)57-37-27-36-56(46-47-57)55-34-20-14-15-21-35-55/h9-10,12-25,27-28,30-31,33-34,36-47,49-50,57H,5,11,26,29,32,35,48,51H2,1-4,6-8H3/b13-9-,39-24-,40-17-,54-33-,60-10+,62-42+,65-50+,68-12+. The van der Waals surface area contributed by atoms with Crippen molar-refractivity contribution in [2.45, 2.75) is 105 Å². The van der Waals surface area contributed by atoms with Gasteiger partial charge in [0.05, 0.1) is 16.9 Å². The Morgan fingerprint density at radius 1 is 0.816 bits per heavy atom. The maximum atomic E-state index is 5.40. The molecule has 382 valence electrons. The van der Waals surface area contributed by atoms with Gasteiger partial charge in [0.25, 0.3) is 0 Å². The quantitative estimate of drug-likeness (QED) is 0.151. The van der Waals surface area contributed by atoms with Gasteiger partial charge in [-0.2, -0.15) is 0 Å². The van der Waals surface area contributed by atoms with Crippen molar-refractivity contribution in [1.29, 1.82) is 0 Å². The van der Waals surface area contributed by atoms with Crippen molar-refractivity contribution in [2.24, 2.45) is 0 Å². The number of benzene rings is 2. The van der Waals surface area contributed by atoms with Crippen LogP contribution in [-0.2, 0) is 5.41 Å². The first-order valence-corrected chi connectivity index (χ1v) is 27.4. The van der Waals surface area contributed by atoms with Crippen LogP contribution in [0.3, 0.4) is 0 Å². The molecule has 0 radical (unpaired) electrons. The molecule has 1 atom stereocenters. The van der Waals surface area contributed by atoms with E-state index in [1.165, 1.54) is 67.5 Å². The Bertz CT molecular complexity index is 3420. The number of aromatic nitrogens is 2. The van der Waals surface area contributed by atoms with E-state index in [-0.39, 0.29) is 11.3 Å². The third-order valence-electron chi connectivity index (χ3n) is 15.1. The molecule has 2 aromatic carbocycles. The third kappa shape index (κ3) is 11.6. The van der Waals surface area contributed by atoms with Crippen LogP contribution in [0.1, 0.15) is 115 Å². The first-order valence-electron chi connectivity index (χ1n) is 27.4. The van der Waals surface area contributed by atoms with Gasteiger partial charge in [0.15, 0.2) is 5.82 Å². The molecule has 4 heteroatoms. The summed E-state index contributed by atoms with van der Waals surface area (Å²) in [6, 6.07) is 15.2. The van der Waals surface area contributed by atoms with Gasteiger partial charge in [-0.1, -0.05) is 233 Å². The number of rotatable bonds is 14. The monoisotopic (exact) mass is 995 g/mol. The van der Waals surface area contributed by atoms with Crippen molar-refractivity contribution in [3.63, 3.8) is 0 Å². The summed E-state index contributed by atoms with van der Waals surface area (Å²) in [4.78, 5) is 15.6. The predicted octanol–water partition coefficient (Wildman–Crippen LogP) is 19.0. The van der Waals surface area contributed by atoms with E-state index in [1.54, 1.807) is 0 Å². The normalized spacial score (nSPS) is 21.7. The zero-order valence-corrected chi connectivity index (χ0v) is 45.8. The molecule has 0 bridgehead atoms. The molecule has 9 rings (SSSR count). The number of hydrogen-bond acceptors (Lipinski definition) is 4. The highest BCUT2D eigenvalue weighted by atomic mass is 15.2. The van der Waals surface area contributed by atoms with Crippen molar-refractivity contribution in [1.82, 2.24) is 14.9 Å². The molecule has 0 amide bonds. The zero-order chi connectivity index (χ0) is 53.0. The highest BCUT2D eigenvalue weighted by Gasteiger charge is 2.40. The van der Waals surface area contributed by atoms with Gasteiger partial charge < -0.3 is 9.80 Å². The Balaban J connectivity index is 1.00. The third-order valence-corrected chi connectivity index (χ3v) is 15.1. The Morgan fingerprint density at radius 3 is 2.47 bits per heavy atom. The van der Waals surface area contributed by atoms with Crippen LogP contribution in [0.5, 0.6) is 0 Å². The molecular weight excluding hydrogens is 921 g/mol. The van der Waals surface area contributed by atoms with E-state index in [9.17, 15) is 0 Å². The molecule has 4 nitrogen and oxygen atoms in total. The second kappa shape index (κ2) is 24.5. The molecule has 2 aliphatic heterocycles. The lowest BCUT2D eigenvalue weighted by molar-refractivity contribution is 0.540. The summed E-state index contributed by atoms with van der Waals surface area (Å²) in [7, 11) is 0. The van der Waals surface area contributed by atoms with E-state index < -0.39 is 0 Å². The van der Waals surface area contributed by atoms with Gasteiger partial charge in [0, 0.05) is 57.2 Å². The molecule has 0 saturated heterocycles. The first-order chi connectivity index (χ1) is 37.1. The summed E-state index contributed by atoms with van der Waals surface area (Å²) in [5, 5.41) is 1.08. The van der Waals surface area contributed by atoms with Crippen molar-refractivity contribution < 1.29 is 0 Å². The molecule has 0 spiro atoms. The summed E-state index contributed by atoms with van der Waals surface area (Å²) >= 11 is 0. The maximum absolute atomic E-state index is 5.40. The van der Waals surface area contributed by atoms with E-state index in [1.807, 2.05) is 0 Å². The molecule has 0 saturated carbocycles. The Labute approximate surface area is 454 Å². The van der Waals surface area contributed by atoms with Crippen LogP contribution in [0.2, 0.25) is 0 Å². The fourth-order valence-corrected chi connectivity index (χ4v) is 11.1. The van der Waals surface area contributed by atoms with E-state index in [0.717, 1.165) is 77.8 Å². The minimum Gasteiger partial charge on any atom is -0.318 e. The van der Waals surface area contributed by atoms with E-state index >= 15 is 0 Å². The summed E-state index contributed by atoms with van der Waals surface area (Å²) in [5.74, 6) is 0.772. The summed E-state index contributed by atoms with van der Waals surface area (Å²) in [5.41, 5.74) is 20.4. The number of allylic oxidation sites excluding steroid dienone is 37. The van der Waals surface area contributed by atoms with Gasteiger partial charge in [-0.05, 0) is 123 Å². The second-order valence-corrected chi connectivity index (χ2v) is 20.5. The molecule has 0 N–H and O–H groups in total. The molecule has 1 unspecified atom stereocenters. The molecule has 76 heavy (non-hydrogen) atoms. The lowest BCUT2D eigenvalue weighted by atomic mass is 9.70. The van der Waals surface area contributed by atoms with Gasteiger partial charge in [-0.3, -0.25) is 0 Å². The van der Waals surface area contributed by atoms with Crippen LogP contribution >= 0.6 is 0 Å². The van der Waals surface area contributed by atoms with Crippen LogP contribution in [0.4, 0.5) is 5.69 Å². The van der Waals surface area contributed by atoms with Crippen molar-refractivity contribution >= 4 is 22.2 Å². The lowest BCUT2D eigenvalue weighted by Crippen LogP contribution is -2.38. The predicted molar refractivity (Wildman–Crippen MR) is 326 cm³/mol. The minimum atomic E-state index is -0.244. The van der Waals surface area contributed by atoms with Crippen LogP contribution < -0.4 is 4.90 Å². The number of anilines is 1. The fourth-order valence-electron chi connectivity index (χ4n) is 11.1. The summed E-state index contributed by atoms with van der Waals surface area (Å²) in [6.45, 7) is 20.3. The first kappa shape index (κ1) is 52.8. The van der Waals surface area contributed by atoms with Gasteiger partial charge in [0.1, 0.15) is 0 Å². The molecule has 4 aliphatic carbocycles. The molecule has 6 aliphatic rings. The lowest BCUT2D eigenvalue weighted by Gasteiger charge is -2.45. The number of aryl methyl sites for hydroxylation is 1. The Hall–Kier alpha value is -8.08. The topological polar surface area (TPSA) is 32.3 Å². The van der Waals surface area contributed by atoms with Gasteiger partial charge in [-0.25, -0.2) is 9.97 Å². The summed E-state index contributed by atoms with van der Waals surface area (Å²) < 4.78 is 0. The van der Waals surface area contributed by atoms with Crippen LogP contribution in [-0.4, -0.2) is 14.9 Å². The van der Waals surface area contributed by atoms with Crippen LogP contribution in [0, 0.1) is 6.92 Å². The highest BCUT2D eigenvalue weighted by Crippen LogP contribution is 2.51. The van der Waals surface area contributed by atoms with E-state index in [0.29, 0.717) is 6.42 Å². The number of hydrogen-bond donors (Lipinski definition) is 0. The SMILES string of the molecule is C=C(/C=C1\C(=C/C)N(C(/C=C\C=C/C)=C/C)c2c(C)cccc2C1(C)C)C/C=C\C1=C(CC)N(C2=CCC(c3nc(C4C=CC=C(C5=CC=CC=CC5)C=C4)c4ccccc4n3)=CC=C2)/C(=C/C/C=C2/C=CC=CC2)C1. The largest absolute Gasteiger partial charge is 0.318 e. The molecule has 3 aromatic rings. The number of nitrogens with zero attached hydrogens (tertiary/aromatic N) is 4. The molecule has 0 fully saturated rings. The van der Waals surface area contributed by atoms with Crippen LogP contribution in [0.15, 0.2) is 287 Å². The average molecular weight is 995 g/mol. The minimum absolute atomic E-state index is 0.00000738. The van der Waals surface area contributed by atoms with E-state index in [4.69, 9.17) is 16.5 Å². The van der Waals surface area contributed by atoms with E-state index in [2.05, 4.69) is 277 Å². The number of para-hydroxylation sites is 2. The molecule has 3 heterocycles. The number of fused-ring (bicyclic) bond motifs is 2. The fraction of sp³-hybridized carbons (Fsp3) is 0.222. The Morgan fingerprint density at radius 2 is 1.66 bits per heavy atom. The van der Waals surface area contributed by atoms with Crippen molar-refractivity contribution in [3.8, 4) is 0 Å². The highest BCUT2D eigenvalue weighted by molar-refractivity contribution is 5.84. The van der Waals surface area contributed by atoms with Crippen LogP contribution in [0.25, 0.3) is 16.5 Å². The smallest absolute Gasteiger partial charge is 0.156 e. The Kier molecular flexibility index (Phi) is 17.0.